The molecule has 0 saturated carbocycles. The molecule has 2 aromatic carbocycles. The lowest BCUT2D eigenvalue weighted by Crippen LogP contribution is -2.44. The summed E-state index contributed by atoms with van der Waals surface area (Å²) in [5.74, 6) is -0.767. The zero-order chi connectivity index (χ0) is 20.6. The van der Waals surface area contributed by atoms with Crippen molar-refractivity contribution in [3.05, 3.63) is 71.8 Å². The number of nitrogens with two attached hydrogens (primary N) is 1. The molecule has 0 spiro atoms. The first-order chi connectivity index (χ1) is 14.1. The van der Waals surface area contributed by atoms with E-state index in [-0.39, 0.29) is 30.7 Å². The minimum absolute atomic E-state index is 0.0501. The van der Waals surface area contributed by atoms with Crippen LogP contribution in [-0.2, 0) is 14.4 Å². The monoisotopic (exact) mass is 393 g/mol. The lowest BCUT2D eigenvalue weighted by Gasteiger charge is -2.22. The van der Waals surface area contributed by atoms with Crippen LogP contribution in [0.5, 0.6) is 0 Å². The second kappa shape index (κ2) is 9.87. The number of amides is 3. The Bertz CT molecular complexity index is 799. The first-order valence-electron chi connectivity index (χ1n) is 10.0. The van der Waals surface area contributed by atoms with E-state index < -0.39 is 11.9 Å². The van der Waals surface area contributed by atoms with Crippen molar-refractivity contribution in [2.24, 2.45) is 5.73 Å². The summed E-state index contributed by atoms with van der Waals surface area (Å²) in [5.41, 5.74) is 7.52. The van der Waals surface area contributed by atoms with Gasteiger partial charge < -0.3 is 16.0 Å². The number of carbonyl (C=O) groups is 3. The fourth-order valence-corrected chi connectivity index (χ4v) is 3.87. The van der Waals surface area contributed by atoms with Gasteiger partial charge in [0.1, 0.15) is 6.04 Å². The Morgan fingerprint density at radius 1 is 1.00 bits per heavy atom. The Balaban J connectivity index is 1.56. The fourth-order valence-electron chi connectivity index (χ4n) is 3.87. The van der Waals surface area contributed by atoms with Crippen molar-refractivity contribution in [1.82, 2.24) is 10.2 Å². The highest BCUT2D eigenvalue weighted by Gasteiger charge is 2.32. The Hall–Kier alpha value is -3.15. The van der Waals surface area contributed by atoms with Crippen LogP contribution in [0.25, 0.3) is 0 Å². The molecule has 1 heterocycles. The van der Waals surface area contributed by atoms with Crippen LogP contribution < -0.4 is 11.1 Å². The molecule has 6 nitrogen and oxygen atoms in total. The summed E-state index contributed by atoms with van der Waals surface area (Å²) in [6, 6.07) is 19.3. The van der Waals surface area contributed by atoms with E-state index in [0.29, 0.717) is 19.4 Å². The van der Waals surface area contributed by atoms with Gasteiger partial charge in [0.2, 0.25) is 17.7 Å². The van der Waals surface area contributed by atoms with Crippen molar-refractivity contribution in [3.8, 4) is 0 Å². The molecular weight excluding hydrogens is 366 g/mol. The van der Waals surface area contributed by atoms with Crippen LogP contribution in [0, 0.1) is 0 Å². The van der Waals surface area contributed by atoms with E-state index >= 15 is 0 Å². The van der Waals surface area contributed by atoms with Crippen molar-refractivity contribution >= 4 is 17.7 Å². The van der Waals surface area contributed by atoms with Gasteiger partial charge in [0.05, 0.1) is 0 Å². The van der Waals surface area contributed by atoms with Crippen LogP contribution >= 0.6 is 0 Å². The van der Waals surface area contributed by atoms with E-state index in [1.54, 1.807) is 0 Å². The molecular formula is C23H27N3O3. The minimum atomic E-state index is -0.515. The van der Waals surface area contributed by atoms with Gasteiger partial charge in [-0.15, -0.1) is 0 Å². The molecule has 3 amide bonds. The van der Waals surface area contributed by atoms with Crippen molar-refractivity contribution in [3.63, 3.8) is 0 Å². The molecule has 0 aromatic heterocycles. The predicted octanol–water partition coefficient (Wildman–Crippen LogP) is 2.19. The minimum Gasteiger partial charge on any atom is -0.368 e. The molecule has 0 bridgehead atoms. The highest BCUT2D eigenvalue weighted by molar-refractivity contribution is 5.87. The van der Waals surface area contributed by atoms with Gasteiger partial charge in [0.15, 0.2) is 0 Å². The third-order valence-electron chi connectivity index (χ3n) is 5.36. The zero-order valence-electron chi connectivity index (χ0n) is 16.4. The second-order valence-corrected chi connectivity index (χ2v) is 7.33. The predicted molar refractivity (Wildman–Crippen MR) is 111 cm³/mol. The molecule has 152 valence electrons. The first kappa shape index (κ1) is 20.6. The van der Waals surface area contributed by atoms with Crippen LogP contribution in [0.2, 0.25) is 0 Å². The summed E-state index contributed by atoms with van der Waals surface area (Å²) < 4.78 is 0. The number of primary amides is 1. The maximum Gasteiger partial charge on any atom is 0.240 e. The Labute approximate surface area is 171 Å². The topological polar surface area (TPSA) is 92.5 Å². The van der Waals surface area contributed by atoms with E-state index in [1.807, 2.05) is 60.7 Å². The lowest BCUT2D eigenvalue weighted by atomic mass is 9.88. The molecule has 3 N–H and O–H groups in total. The van der Waals surface area contributed by atoms with Crippen LogP contribution in [0.3, 0.4) is 0 Å². The number of benzene rings is 2. The molecule has 0 aliphatic carbocycles. The average Bonchev–Trinajstić information content (AvgIpc) is 3.24. The highest BCUT2D eigenvalue weighted by atomic mass is 16.2. The van der Waals surface area contributed by atoms with Gasteiger partial charge in [-0.1, -0.05) is 60.7 Å². The molecule has 29 heavy (non-hydrogen) atoms. The standard InChI is InChI=1S/C23H27N3O3/c24-23(29)20-12-7-15-26(20)22(28)13-14-25-21(27)16-19(17-8-3-1-4-9-17)18-10-5-2-6-11-18/h1-6,8-11,19-20H,7,12-16H2,(H2,24,29)(H,25,27). The third-order valence-corrected chi connectivity index (χ3v) is 5.36. The lowest BCUT2D eigenvalue weighted by molar-refractivity contribution is -0.137. The fraction of sp³-hybridized carbons (Fsp3) is 0.348. The summed E-state index contributed by atoms with van der Waals surface area (Å²) in [6.07, 6.45) is 1.86. The van der Waals surface area contributed by atoms with Crippen molar-refractivity contribution < 1.29 is 14.4 Å². The first-order valence-corrected chi connectivity index (χ1v) is 10.0. The van der Waals surface area contributed by atoms with E-state index in [0.717, 1.165) is 17.5 Å². The largest absolute Gasteiger partial charge is 0.368 e. The van der Waals surface area contributed by atoms with E-state index in [1.165, 1.54) is 4.90 Å². The van der Waals surface area contributed by atoms with Gasteiger partial charge >= 0.3 is 0 Å². The van der Waals surface area contributed by atoms with Crippen LogP contribution in [0.15, 0.2) is 60.7 Å². The molecule has 1 atom stereocenters. The van der Waals surface area contributed by atoms with Gasteiger partial charge in [0.25, 0.3) is 0 Å². The molecule has 1 aliphatic heterocycles. The number of carbonyl (C=O) groups excluding carboxylic acids is 3. The van der Waals surface area contributed by atoms with Crippen molar-refractivity contribution in [2.75, 3.05) is 13.1 Å². The summed E-state index contributed by atoms with van der Waals surface area (Å²) in [5, 5.41) is 2.85. The number of hydrogen-bond donors (Lipinski definition) is 2. The maximum absolute atomic E-state index is 12.6. The van der Waals surface area contributed by atoms with Gasteiger partial charge in [-0.2, -0.15) is 0 Å². The second-order valence-electron chi connectivity index (χ2n) is 7.33. The summed E-state index contributed by atoms with van der Waals surface area (Å²) >= 11 is 0. The van der Waals surface area contributed by atoms with Gasteiger partial charge in [-0.25, -0.2) is 0 Å². The summed E-state index contributed by atoms with van der Waals surface area (Å²) in [4.78, 5) is 37.9. The van der Waals surface area contributed by atoms with E-state index in [9.17, 15) is 14.4 Å². The quantitative estimate of drug-likeness (QED) is 0.720. The van der Waals surface area contributed by atoms with Crippen molar-refractivity contribution in [2.45, 2.75) is 37.6 Å². The SMILES string of the molecule is NC(=O)C1CCCN1C(=O)CCNC(=O)CC(c1ccccc1)c1ccccc1. The number of nitrogens with one attached hydrogen (secondary N) is 1. The van der Waals surface area contributed by atoms with Crippen molar-refractivity contribution in [1.29, 1.82) is 0 Å². The Morgan fingerprint density at radius 2 is 1.59 bits per heavy atom. The average molecular weight is 393 g/mol. The molecule has 1 unspecified atom stereocenters. The molecule has 1 fully saturated rings. The Kier molecular flexibility index (Phi) is 7.00. The molecule has 6 heteroatoms. The number of hydrogen-bond acceptors (Lipinski definition) is 3. The van der Waals surface area contributed by atoms with E-state index in [2.05, 4.69) is 5.32 Å². The highest BCUT2D eigenvalue weighted by Crippen LogP contribution is 2.27. The maximum atomic E-state index is 12.6. The molecule has 3 rings (SSSR count). The van der Waals surface area contributed by atoms with Gasteiger partial charge in [-0.3, -0.25) is 14.4 Å². The number of rotatable bonds is 8. The summed E-state index contributed by atoms with van der Waals surface area (Å²) in [6.45, 7) is 0.792. The summed E-state index contributed by atoms with van der Waals surface area (Å²) in [7, 11) is 0. The van der Waals surface area contributed by atoms with Gasteiger partial charge in [0, 0.05) is 31.8 Å². The number of likely N-dealkylation sites (tertiary alicyclic amines) is 1. The third kappa shape index (κ3) is 5.44. The molecule has 1 aliphatic rings. The van der Waals surface area contributed by atoms with E-state index in [4.69, 9.17) is 5.73 Å². The zero-order valence-corrected chi connectivity index (χ0v) is 16.4. The van der Waals surface area contributed by atoms with Crippen LogP contribution in [-0.4, -0.2) is 41.8 Å². The number of nitrogens with zero attached hydrogens (tertiary/aromatic N) is 1. The normalized spacial score (nSPS) is 16.0. The molecule has 0 radical (unpaired) electrons. The van der Waals surface area contributed by atoms with Gasteiger partial charge in [-0.05, 0) is 24.0 Å². The smallest absolute Gasteiger partial charge is 0.240 e. The molecule has 1 saturated heterocycles. The molecule has 2 aromatic rings. The van der Waals surface area contributed by atoms with Crippen LogP contribution in [0.1, 0.15) is 42.7 Å². The van der Waals surface area contributed by atoms with Crippen LogP contribution in [0.4, 0.5) is 0 Å². The Morgan fingerprint density at radius 3 is 2.14 bits per heavy atom.